The third kappa shape index (κ3) is 5.20. The zero-order chi connectivity index (χ0) is 18.2. The van der Waals surface area contributed by atoms with Gasteiger partial charge in [0.15, 0.2) is 6.61 Å². The summed E-state index contributed by atoms with van der Waals surface area (Å²) in [5.41, 5.74) is 1.23. The molecule has 26 heavy (non-hydrogen) atoms. The highest BCUT2D eigenvalue weighted by molar-refractivity contribution is 7.07. The normalized spacial score (nSPS) is 16.0. The molecule has 0 bridgehead atoms. The minimum atomic E-state index is -0.138. The summed E-state index contributed by atoms with van der Waals surface area (Å²) in [5.74, 6) is 1.18. The van der Waals surface area contributed by atoms with Gasteiger partial charge in [0.05, 0.1) is 26.4 Å². The molecular weight excluding hydrogens is 352 g/mol. The number of nitrogens with one attached hydrogen (secondary N) is 1. The lowest BCUT2D eigenvalue weighted by Crippen LogP contribution is -2.44. The van der Waals surface area contributed by atoms with Gasteiger partial charge in [-0.3, -0.25) is 9.69 Å². The highest BCUT2D eigenvalue weighted by Crippen LogP contribution is 2.23. The van der Waals surface area contributed by atoms with E-state index in [1.807, 2.05) is 12.1 Å². The number of nitrogens with zero attached hydrogens (tertiary/aromatic N) is 1. The average Bonchev–Trinajstić information content (AvgIpc) is 3.22. The molecule has 6 nitrogen and oxygen atoms in total. The molecule has 1 aliphatic rings. The second-order valence-electron chi connectivity index (χ2n) is 5.99. The van der Waals surface area contributed by atoms with Gasteiger partial charge < -0.3 is 19.5 Å². The van der Waals surface area contributed by atoms with E-state index in [9.17, 15) is 4.79 Å². The van der Waals surface area contributed by atoms with Crippen LogP contribution in [0.4, 0.5) is 0 Å². The van der Waals surface area contributed by atoms with Crippen molar-refractivity contribution in [2.45, 2.75) is 6.04 Å². The Morgan fingerprint density at radius 1 is 1.31 bits per heavy atom. The van der Waals surface area contributed by atoms with Gasteiger partial charge in [-0.25, -0.2) is 0 Å². The fraction of sp³-hybridized carbons (Fsp3) is 0.421. The van der Waals surface area contributed by atoms with Gasteiger partial charge >= 0.3 is 0 Å². The Bertz CT molecular complexity index is 687. The Morgan fingerprint density at radius 3 is 2.85 bits per heavy atom. The largest absolute Gasteiger partial charge is 0.497 e. The van der Waals surface area contributed by atoms with Gasteiger partial charge in [-0.05, 0) is 34.5 Å². The molecule has 1 atom stereocenters. The van der Waals surface area contributed by atoms with Crippen LogP contribution in [-0.2, 0) is 9.53 Å². The first-order valence-corrected chi connectivity index (χ1v) is 9.58. The molecule has 0 spiro atoms. The van der Waals surface area contributed by atoms with Gasteiger partial charge in [0, 0.05) is 25.7 Å². The van der Waals surface area contributed by atoms with Crippen LogP contribution in [0.15, 0.2) is 41.1 Å². The van der Waals surface area contributed by atoms with E-state index in [4.69, 9.17) is 14.2 Å². The summed E-state index contributed by atoms with van der Waals surface area (Å²) in [4.78, 5) is 14.6. The lowest BCUT2D eigenvalue weighted by molar-refractivity contribution is -0.123. The molecule has 1 N–H and O–H groups in total. The number of carbonyl (C=O) groups is 1. The van der Waals surface area contributed by atoms with Crippen molar-refractivity contribution in [1.82, 2.24) is 10.2 Å². The molecule has 1 amide bonds. The molecule has 1 aliphatic heterocycles. The zero-order valence-electron chi connectivity index (χ0n) is 14.8. The van der Waals surface area contributed by atoms with Crippen LogP contribution in [0.2, 0.25) is 0 Å². The van der Waals surface area contributed by atoms with Crippen molar-refractivity contribution >= 4 is 17.2 Å². The number of hydrogen-bond donors (Lipinski definition) is 1. The zero-order valence-corrected chi connectivity index (χ0v) is 15.7. The molecule has 0 aliphatic carbocycles. The number of morpholine rings is 1. The Kier molecular flexibility index (Phi) is 6.88. The van der Waals surface area contributed by atoms with E-state index in [0.29, 0.717) is 18.0 Å². The van der Waals surface area contributed by atoms with Crippen molar-refractivity contribution in [1.29, 1.82) is 0 Å². The fourth-order valence-corrected chi connectivity index (χ4v) is 3.62. The highest BCUT2D eigenvalue weighted by Gasteiger charge is 2.23. The van der Waals surface area contributed by atoms with E-state index < -0.39 is 0 Å². The topological polar surface area (TPSA) is 60.0 Å². The lowest BCUT2D eigenvalue weighted by Gasteiger charge is -2.34. The molecule has 140 valence electrons. The number of carbonyl (C=O) groups excluding carboxylic acids is 1. The van der Waals surface area contributed by atoms with Crippen molar-refractivity contribution in [2.75, 3.05) is 46.6 Å². The van der Waals surface area contributed by atoms with Crippen LogP contribution < -0.4 is 14.8 Å². The van der Waals surface area contributed by atoms with E-state index in [-0.39, 0.29) is 18.6 Å². The second kappa shape index (κ2) is 9.56. The first kappa shape index (κ1) is 18.7. The van der Waals surface area contributed by atoms with Crippen LogP contribution in [0, 0.1) is 0 Å². The summed E-state index contributed by atoms with van der Waals surface area (Å²) in [6.07, 6.45) is 0. The minimum Gasteiger partial charge on any atom is -0.497 e. The van der Waals surface area contributed by atoms with Crippen LogP contribution in [-0.4, -0.2) is 57.4 Å². The maximum absolute atomic E-state index is 12.2. The first-order chi connectivity index (χ1) is 12.8. The molecule has 0 radical (unpaired) electrons. The third-order valence-corrected chi connectivity index (χ3v) is 5.02. The Labute approximate surface area is 157 Å². The SMILES string of the molecule is COc1cccc(OCC(=O)NC[C@H](c2ccsc2)N2CCOCC2)c1. The number of rotatable bonds is 8. The number of benzene rings is 1. The van der Waals surface area contributed by atoms with E-state index >= 15 is 0 Å². The van der Waals surface area contributed by atoms with Crippen LogP contribution >= 0.6 is 11.3 Å². The fourth-order valence-electron chi connectivity index (χ4n) is 2.91. The van der Waals surface area contributed by atoms with Gasteiger partial charge in [-0.2, -0.15) is 11.3 Å². The summed E-state index contributed by atoms with van der Waals surface area (Å²) in [6, 6.07) is 9.50. The van der Waals surface area contributed by atoms with Crippen LogP contribution in [0.1, 0.15) is 11.6 Å². The van der Waals surface area contributed by atoms with Crippen LogP contribution in [0.3, 0.4) is 0 Å². The van der Waals surface area contributed by atoms with E-state index in [2.05, 4.69) is 27.0 Å². The monoisotopic (exact) mass is 376 g/mol. The molecule has 7 heteroatoms. The van der Waals surface area contributed by atoms with Gasteiger partial charge in [0.1, 0.15) is 11.5 Å². The van der Waals surface area contributed by atoms with Crippen molar-refractivity contribution in [3.05, 3.63) is 46.7 Å². The van der Waals surface area contributed by atoms with Crippen LogP contribution in [0.25, 0.3) is 0 Å². The van der Waals surface area contributed by atoms with Gasteiger partial charge in [-0.1, -0.05) is 6.07 Å². The average molecular weight is 376 g/mol. The molecule has 1 saturated heterocycles. The summed E-state index contributed by atoms with van der Waals surface area (Å²) in [7, 11) is 1.60. The number of amides is 1. The molecule has 2 aromatic rings. The standard InChI is InChI=1S/C19H24N2O4S/c1-23-16-3-2-4-17(11-16)25-13-19(22)20-12-18(15-5-10-26-14-15)21-6-8-24-9-7-21/h2-5,10-11,14,18H,6-9,12-13H2,1H3,(H,20,22)/t18-/m1/s1. The highest BCUT2D eigenvalue weighted by atomic mass is 32.1. The molecule has 3 rings (SSSR count). The maximum atomic E-state index is 12.2. The van der Waals surface area contributed by atoms with Crippen molar-refractivity contribution < 1.29 is 19.0 Å². The van der Waals surface area contributed by atoms with Crippen LogP contribution in [0.5, 0.6) is 11.5 Å². The molecule has 1 fully saturated rings. The minimum absolute atomic E-state index is 0.0212. The van der Waals surface area contributed by atoms with Crippen molar-refractivity contribution in [3.63, 3.8) is 0 Å². The summed E-state index contributed by atoms with van der Waals surface area (Å²) >= 11 is 1.67. The Hall–Kier alpha value is -2.09. The summed E-state index contributed by atoms with van der Waals surface area (Å²) in [6.45, 7) is 3.73. The van der Waals surface area contributed by atoms with Crippen molar-refractivity contribution in [3.8, 4) is 11.5 Å². The van der Waals surface area contributed by atoms with Gasteiger partial charge in [0.25, 0.3) is 5.91 Å². The van der Waals surface area contributed by atoms with Crippen molar-refractivity contribution in [2.24, 2.45) is 0 Å². The first-order valence-electron chi connectivity index (χ1n) is 8.63. The van der Waals surface area contributed by atoms with E-state index in [1.165, 1.54) is 5.56 Å². The molecule has 0 unspecified atom stereocenters. The second-order valence-corrected chi connectivity index (χ2v) is 6.77. The predicted octanol–water partition coefficient (Wildman–Crippen LogP) is 2.33. The molecular formula is C19H24N2O4S. The molecule has 0 saturated carbocycles. The quantitative estimate of drug-likeness (QED) is 0.766. The summed E-state index contributed by atoms with van der Waals surface area (Å²) in [5, 5.41) is 7.20. The number of thiophene rings is 1. The maximum Gasteiger partial charge on any atom is 0.258 e. The smallest absolute Gasteiger partial charge is 0.258 e. The summed E-state index contributed by atoms with van der Waals surface area (Å²) < 4.78 is 16.2. The third-order valence-electron chi connectivity index (χ3n) is 4.32. The molecule has 2 heterocycles. The van der Waals surface area contributed by atoms with E-state index in [0.717, 1.165) is 26.3 Å². The molecule has 1 aromatic heterocycles. The Balaban J connectivity index is 1.52. The Morgan fingerprint density at radius 2 is 2.12 bits per heavy atom. The van der Waals surface area contributed by atoms with Gasteiger partial charge in [0.2, 0.25) is 0 Å². The number of methoxy groups -OCH3 is 1. The molecule has 1 aromatic carbocycles. The van der Waals surface area contributed by atoms with Gasteiger partial charge in [-0.15, -0.1) is 0 Å². The van der Waals surface area contributed by atoms with E-state index in [1.54, 1.807) is 30.6 Å². The lowest BCUT2D eigenvalue weighted by atomic mass is 10.1. The number of hydrogen-bond acceptors (Lipinski definition) is 6. The number of ether oxygens (including phenoxy) is 3. The predicted molar refractivity (Wildman–Crippen MR) is 101 cm³/mol.